The maximum absolute atomic E-state index is 6.25. The highest BCUT2D eigenvalue weighted by Crippen LogP contribution is 2.33. The molecule has 2 rings (SSSR count). The normalized spacial score (nSPS) is 17.4. The first-order valence-corrected chi connectivity index (χ1v) is 5.50. The molecule has 1 aromatic rings. The van der Waals surface area contributed by atoms with Crippen molar-refractivity contribution in [3.63, 3.8) is 0 Å². The van der Waals surface area contributed by atoms with Gasteiger partial charge in [0.15, 0.2) is 6.33 Å². The van der Waals surface area contributed by atoms with Crippen molar-refractivity contribution in [1.82, 2.24) is 9.55 Å². The van der Waals surface area contributed by atoms with E-state index in [0.29, 0.717) is 0 Å². The van der Waals surface area contributed by atoms with Gasteiger partial charge in [0.25, 0.3) is 0 Å². The van der Waals surface area contributed by atoms with Gasteiger partial charge in [-0.1, -0.05) is 32.4 Å². The second-order valence-corrected chi connectivity index (χ2v) is 5.51. The highest BCUT2D eigenvalue weighted by Gasteiger charge is 2.26. The Morgan fingerprint density at radius 3 is 2.57 bits per heavy atom. The Balaban J connectivity index is 2.22. The molecule has 0 aliphatic heterocycles. The minimum Gasteiger partial charge on any atom is -0.312 e. The largest absolute Gasteiger partial charge is 0.312 e. The molecular formula is C11H16ClN2. The van der Waals surface area contributed by atoms with Crippen LogP contribution in [0.15, 0.2) is 0 Å². The lowest BCUT2D eigenvalue weighted by molar-refractivity contribution is 0.568. The standard InChI is InChI=1S/C11H16ClN2/c1-11(2,3)9-10(12)14(7-13-9)6-8-4-5-8/h8H,4-6H2,1-3H3. The number of hydrogen-bond acceptors (Lipinski definition) is 1. The van der Waals surface area contributed by atoms with Crippen molar-refractivity contribution in [3.05, 3.63) is 17.2 Å². The third-order valence-corrected chi connectivity index (χ3v) is 2.95. The average molecular weight is 212 g/mol. The molecule has 0 aromatic carbocycles. The van der Waals surface area contributed by atoms with Gasteiger partial charge in [-0.15, -0.1) is 0 Å². The van der Waals surface area contributed by atoms with Crippen LogP contribution in [0.4, 0.5) is 0 Å². The number of hydrogen-bond donors (Lipinski definition) is 0. The zero-order valence-electron chi connectivity index (χ0n) is 8.97. The van der Waals surface area contributed by atoms with E-state index >= 15 is 0 Å². The lowest BCUT2D eigenvalue weighted by Crippen LogP contribution is -2.12. The van der Waals surface area contributed by atoms with Gasteiger partial charge in [0.1, 0.15) is 5.15 Å². The minimum atomic E-state index is 0.0163. The fourth-order valence-electron chi connectivity index (χ4n) is 1.48. The third-order valence-electron chi connectivity index (χ3n) is 2.56. The number of nitrogens with zero attached hydrogens (tertiary/aromatic N) is 2. The van der Waals surface area contributed by atoms with Crippen molar-refractivity contribution in [2.75, 3.05) is 0 Å². The van der Waals surface area contributed by atoms with Crippen LogP contribution in [0.5, 0.6) is 0 Å². The van der Waals surface area contributed by atoms with Gasteiger partial charge in [-0.25, -0.2) is 4.98 Å². The van der Waals surface area contributed by atoms with Gasteiger partial charge in [0, 0.05) is 12.0 Å². The van der Waals surface area contributed by atoms with E-state index in [1.54, 1.807) is 0 Å². The molecule has 0 unspecified atom stereocenters. The molecule has 1 aliphatic carbocycles. The fourth-order valence-corrected chi connectivity index (χ4v) is 1.92. The van der Waals surface area contributed by atoms with E-state index in [1.165, 1.54) is 12.8 Å². The average Bonchev–Trinajstić information content (AvgIpc) is 2.76. The van der Waals surface area contributed by atoms with Gasteiger partial charge in [-0.3, -0.25) is 0 Å². The molecule has 1 saturated carbocycles. The van der Waals surface area contributed by atoms with Crippen molar-refractivity contribution in [3.8, 4) is 0 Å². The summed E-state index contributed by atoms with van der Waals surface area (Å²) in [4.78, 5) is 4.27. The molecule has 77 valence electrons. The Bertz CT molecular complexity index is 332. The summed E-state index contributed by atoms with van der Waals surface area (Å²) >= 11 is 6.25. The highest BCUT2D eigenvalue weighted by molar-refractivity contribution is 6.30. The summed E-state index contributed by atoms with van der Waals surface area (Å²) in [5.41, 5.74) is 0.974. The molecule has 3 heteroatoms. The number of rotatable bonds is 2. The van der Waals surface area contributed by atoms with E-state index in [-0.39, 0.29) is 5.41 Å². The molecule has 1 aliphatic rings. The van der Waals surface area contributed by atoms with Crippen LogP contribution in [0.1, 0.15) is 39.3 Å². The summed E-state index contributed by atoms with van der Waals surface area (Å²) in [6, 6.07) is 0. The first kappa shape index (κ1) is 10.0. The van der Waals surface area contributed by atoms with Gasteiger partial charge >= 0.3 is 0 Å². The summed E-state index contributed by atoms with van der Waals surface area (Å²) in [6.45, 7) is 7.35. The van der Waals surface area contributed by atoms with Crippen LogP contribution in [0.3, 0.4) is 0 Å². The van der Waals surface area contributed by atoms with Crippen molar-refractivity contribution in [2.45, 2.75) is 45.6 Å². The number of aromatic nitrogens is 2. The van der Waals surface area contributed by atoms with Crippen molar-refractivity contribution in [2.24, 2.45) is 5.92 Å². The smallest absolute Gasteiger partial charge is 0.177 e. The van der Waals surface area contributed by atoms with Gasteiger partial charge in [-0.2, -0.15) is 0 Å². The second kappa shape index (κ2) is 3.27. The fraction of sp³-hybridized carbons (Fsp3) is 0.727. The maximum Gasteiger partial charge on any atom is 0.177 e. The van der Waals surface area contributed by atoms with Crippen molar-refractivity contribution >= 4 is 11.6 Å². The quantitative estimate of drug-likeness (QED) is 0.736. The van der Waals surface area contributed by atoms with Gasteiger partial charge in [0.2, 0.25) is 0 Å². The number of imidazole rings is 1. The molecule has 0 saturated heterocycles. The summed E-state index contributed by atoms with van der Waals surface area (Å²) < 4.78 is 1.96. The first-order valence-electron chi connectivity index (χ1n) is 5.12. The Morgan fingerprint density at radius 2 is 2.14 bits per heavy atom. The van der Waals surface area contributed by atoms with Crippen LogP contribution >= 0.6 is 11.6 Å². The molecule has 2 nitrogen and oxygen atoms in total. The lowest BCUT2D eigenvalue weighted by atomic mass is 9.93. The molecule has 1 aromatic heterocycles. The van der Waals surface area contributed by atoms with E-state index in [0.717, 1.165) is 23.3 Å². The van der Waals surface area contributed by atoms with Gasteiger partial charge < -0.3 is 4.57 Å². The summed E-state index contributed by atoms with van der Waals surface area (Å²) in [6.07, 6.45) is 5.64. The van der Waals surface area contributed by atoms with E-state index in [1.807, 2.05) is 4.57 Å². The predicted molar refractivity (Wildman–Crippen MR) is 57.5 cm³/mol. The molecule has 14 heavy (non-hydrogen) atoms. The highest BCUT2D eigenvalue weighted by atomic mass is 35.5. The zero-order valence-corrected chi connectivity index (χ0v) is 9.73. The van der Waals surface area contributed by atoms with Crippen LogP contribution in [-0.2, 0) is 12.0 Å². The SMILES string of the molecule is CC(C)(C)c1n[c]n(CC2CC2)c1Cl. The third kappa shape index (κ3) is 1.95. The van der Waals surface area contributed by atoms with E-state index in [2.05, 4.69) is 32.1 Å². The van der Waals surface area contributed by atoms with Gasteiger partial charge in [-0.05, 0) is 18.8 Å². The van der Waals surface area contributed by atoms with Crippen LogP contribution in [-0.4, -0.2) is 9.55 Å². The molecule has 0 bridgehead atoms. The summed E-state index contributed by atoms with van der Waals surface area (Å²) in [5.74, 6) is 0.811. The van der Waals surface area contributed by atoms with Gasteiger partial charge in [0.05, 0.1) is 5.69 Å². The Hall–Kier alpha value is -0.500. The number of halogens is 1. The summed E-state index contributed by atoms with van der Waals surface area (Å²) in [5, 5.41) is 0.768. The minimum absolute atomic E-state index is 0.0163. The van der Waals surface area contributed by atoms with Crippen molar-refractivity contribution < 1.29 is 0 Å². The van der Waals surface area contributed by atoms with E-state index < -0.39 is 0 Å². The lowest BCUT2D eigenvalue weighted by Gasteiger charge is -2.15. The molecule has 0 N–H and O–H groups in total. The predicted octanol–water partition coefficient (Wildman–Crippen LogP) is 3.04. The topological polar surface area (TPSA) is 17.8 Å². The van der Waals surface area contributed by atoms with Crippen LogP contribution in [0.2, 0.25) is 5.15 Å². The zero-order chi connectivity index (χ0) is 10.3. The molecule has 0 spiro atoms. The molecule has 1 fully saturated rings. The van der Waals surface area contributed by atoms with E-state index in [4.69, 9.17) is 11.6 Å². The monoisotopic (exact) mass is 211 g/mol. The Kier molecular flexibility index (Phi) is 2.34. The molecule has 0 atom stereocenters. The maximum atomic E-state index is 6.25. The molecule has 1 heterocycles. The van der Waals surface area contributed by atoms with E-state index in [9.17, 15) is 0 Å². The molecule has 1 radical (unpaired) electrons. The Morgan fingerprint density at radius 1 is 1.50 bits per heavy atom. The van der Waals surface area contributed by atoms with Crippen LogP contribution < -0.4 is 0 Å². The molecule has 0 amide bonds. The molecular weight excluding hydrogens is 196 g/mol. The van der Waals surface area contributed by atoms with Crippen molar-refractivity contribution in [1.29, 1.82) is 0 Å². The second-order valence-electron chi connectivity index (χ2n) is 5.16. The Labute approximate surface area is 90.3 Å². The van der Waals surface area contributed by atoms with Crippen LogP contribution in [0, 0.1) is 12.2 Å². The first-order chi connectivity index (χ1) is 6.48. The van der Waals surface area contributed by atoms with Crippen LogP contribution in [0.25, 0.3) is 0 Å². The summed E-state index contributed by atoms with van der Waals surface area (Å²) in [7, 11) is 0.